The van der Waals surface area contributed by atoms with E-state index in [1.165, 1.54) is 0 Å². The quantitative estimate of drug-likeness (QED) is 0.268. The Morgan fingerprint density at radius 3 is 2.50 bits per heavy atom. The Kier molecular flexibility index (Phi) is 11.6. The van der Waals surface area contributed by atoms with E-state index in [2.05, 4.69) is 34.9 Å². The van der Waals surface area contributed by atoms with Crippen molar-refractivity contribution in [3.05, 3.63) is 53.6 Å². The maximum Gasteiger partial charge on any atom is 0.196 e. The third-order valence-corrected chi connectivity index (χ3v) is 5.06. The molecule has 3 rings (SSSR count). The van der Waals surface area contributed by atoms with Crippen molar-refractivity contribution >= 4 is 35.6 Å². The van der Waals surface area contributed by atoms with Crippen LogP contribution in [0.1, 0.15) is 30.9 Å². The van der Waals surface area contributed by atoms with Gasteiger partial charge < -0.3 is 29.6 Å². The average molecular weight is 555 g/mol. The Hall–Kier alpha value is -2.04. The third-order valence-electron chi connectivity index (χ3n) is 5.06. The number of hydrogen-bond donors (Lipinski definition) is 2. The van der Waals surface area contributed by atoms with Crippen molar-refractivity contribution in [2.24, 2.45) is 4.99 Å². The van der Waals surface area contributed by atoms with Crippen LogP contribution in [0.2, 0.25) is 0 Å². The van der Waals surface area contributed by atoms with Gasteiger partial charge in [-0.1, -0.05) is 24.3 Å². The first-order chi connectivity index (χ1) is 15.2. The van der Waals surface area contributed by atoms with Gasteiger partial charge in [-0.25, -0.2) is 4.99 Å². The number of benzene rings is 2. The van der Waals surface area contributed by atoms with Gasteiger partial charge in [-0.3, -0.25) is 0 Å². The smallest absolute Gasteiger partial charge is 0.196 e. The van der Waals surface area contributed by atoms with Crippen LogP contribution in [0.15, 0.2) is 47.5 Å². The molecule has 0 unspecified atom stereocenters. The zero-order valence-corrected chi connectivity index (χ0v) is 21.4. The molecular weight excluding hydrogens is 521 g/mol. The average Bonchev–Trinajstić information content (AvgIpc) is 2.82. The zero-order chi connectivity index (χ0) is 21.9. The minimum absolute atomic E-state index is 0. The lowest BCUT2D eigenvalue weighted by atomic mass is 10.1. The van der Waals surface area contributed by atoms with Crippen molar-refractivity contribution in [3.63, 3.8) is 0 Å². The van der Waals surface area contributed by atoms with E-state index in [1.54, 1.807) is 14.2 Å². The van der Waals surface area contributed by atoms with Crippen molar-refractivity contribution in [1.29, 1.82) is 0 Å². The lowest BCUT2D eigenvalue weighted by Gasteiger charge is -2.22. The van der Waals surface area contributed by atoms with Crippen LogP contribution < -0.4 is 20.1 Å². The Morgan fingerprint density at radius 2 is 1.78 bits per heavy atom. The van der Waals surface area contributed by atoms with E-state index in [1.807, 2.05) is 25.1 Å². The molecule has 0 saturated carbocycles. The Bertz CT molecular complexity index is 857. The Balaban J connectivity index is 0.00000363. The van der Waals surface area contributed by atoms with Gasteiger partial charge in [0.25, 0.3) is 0 Å². The van der Waals surface area contributed by atoms with Gasteiger partial charge in [0.1, 0.15) is 0 Å². The third kappa shape index (κ3) is 8.14. The van der Waals surface area contributed by atoms with E-state index in [-0.39, 0.29) is 24.0 Å². The molecule has 7 nitrogen and oxygen atoms in total. The SMILES string of the molecule is CCNC(=NCc1cccc(COC2CCOCC2)c1)Nc1ccc(OC)c(OC)c1.I. The number of rotatable bonds is 9. The van der Waals surface area contributed by atoms with Gasteiger partial charge in [-0.15, -0.1) is 24.0 Å². The topological polar surface area (TPSA) is 73.3 Å². The summed E-state index contributed by atoms with van der Waals surface area (Å²) in [5, 5.41) is 6.61. The van der Waals surface area contributed by atoms with Crippen LogP contribution in [0.5, 0.6) is 11.5 Å². The first-order valence-electron chi connectivity index (χ1n) is 10.8. The molecule has 1 fully saturated rings. The van der Waals surface area contributed by atoms with Crippen LogP contribution >= 0.6 is 24.0 Å². The number of ether oxygens (including phenoxy) is 4. The van der Waals surface area contributed by atoms with Gasteiger partial charge in [-0.2, -0.15) is 0 Å². The molecule has 0 radical (unpaired) electrons. The predicted octanol–water partition coefficient (Wildman–Crippen LogP) is 4.60. The van der Waals surface area contributed by atoms with Crippen LogP contribution in [0.3, 0.4) is 0 Å². The van der Waals surface area contributed by atoms with Gasteiger partial charge >= 0.3 is 0 Å². The summed E-state index contributed by atoms with van der Waals surface area (Å²) in [5.41, 5.74) is 3.17. The molecule has 0 atom stereocenters. The number of hydrogen-bond acceptors (Lipinski definition) is 5. The fourth-order valence-corrected chi connectivity index (χ4v) is 3.40. The van der Waals surface area contributed by atoms with E-state index in [4.69, 9.17) is 23.9 Å². The van der Waals surface area contributed by atoms with E-state index in [0.717, 1.165) is 49.4 Å². The second-order valence-corrected chi connectivity index (χ2v) is 7.33. The molecular formula is C24H34IN3O4. The Morgan fingerprint density at radius 1 is 1.03 bits per heavy atom. The predicted molar refractivity (Wildman–Crippen MR) is 138 cm³/mol. The number of nitrogens with zero attached hydrogens (tertiary/aromatic N) is 1. The first kappa shape index (κ1) is 26.2. The van der Waals surface area contributed by atoms with Crippen molar-refractivity contribution in [2.75, 3.05) is 39.3 Å². The monoisotopic (exact) mass is 555 g/mol. The van der Waals surface area contributed by atoms with E-state index in [9.17, 15) is 0 Å². The summed E-state index contributed by atoms with van der Waals surface area (Å²) in [5.74, 6) is 2.06. The lowest BCUT2D eigenvalue weighted by Crippen LogP contribution is -2.30. The van der Waals surface area contributed by atoms with Crippen molar-refractivity contribution in [2.45, 2.75) is 39.0 Å². The number of aliphatic imine (C=N–C) groups is 1. The molecule has 176 valence electrons. The van der Waals surface area contributed by atoms with Crippen LogP contribution in [-0.4, -0.2) is 46.0 Å². The molecule has 1 heterocycles. The summed E-state index contributed by atoms with van der Waals surface area (Å²) in [6.07, 6.45) is 2.23. The standard InChI is InChI=1S/C24H33N3O4.HI/c1-4-25-24(27-20-8-9-22(28-2)23(15-20)29-3)26-16-18-6-5-7-19(14-18)17-31-21-10-12-30-13-11-21;/h5-9,14-15,21H,4,10-13,16-17H2,1-3H3,(H2,25,26,27);1H. The Labute approximate surface area is 207 Å². The van der Waals surface area contributed by atoms with Crippen LogP contribution in [-0.2, 0) is 22.6 Å². The highest BCUT2D eigenvalue weighted by atomic mass is 127. The lowest BCUT2D eigenvalue weighted by molar-refractivity contribution is -0.0390. The van der Waals surface area contributed by atoms with Gasteiger partial charge in [0.2, 0.25) is 0 Å². The maximum absolute atomic E-state index is 6.05. The summed E-state index contributed by atoms with van der Waals surface area (Å²) >= 11 is 0. The number of methoxy groups -OCH3 is 2. The largest absolute Gasteiger partial charge is 0.493 e. The van der Waals surface area contributed by atoms with Gasteiger partial charge in [0, 0.05) is 31.5 Å². The first-order valence-corrected chi connectivity index (χ1v) is 10.8. The molecule has 32 heavy (non-hydrogen) atoms. The second-order valence-electron chi connectivity index (χ2n) is 7.33. The number of halogens is 1. The number of nitrogens with one attached hydrogen (secondary N) is 2. The maximum atomic E-state index is 6.05. The van der Waals surface area contributed by atoms with Crippen LogP contribution in [0.25, 0.3) is 0 Å². The molecule has 8 heteroatoms. The minimum Gasteiger partial charge on any atom is -0.493 e. The van der Waals surface area contributed by atoms with Crippen molar-refractivity contribution < 1.29 is 18.9 Å². The molecule has 0 aliphatic carbocycles. The highest BCUT2D eigenvalue weighted by Gasteiger charge is 2.14. The van der Waals surface area contributed by atoms with Crippen LogP contribution in [0.4, 0.5) is 5.69 Å². The zero-order valence-electron chi connectivity index (χ0n) is 19.1. The summed E-state index contributed by atoms with van der Waals surface area (Å²) in [6.45, 7) is 5.57. The highest BCUT2D eigenvalue weighted by Crippen LogP contribution is 2.29. The molecule has 0 amide bonds. The van der Waals surface area contributed by atoms with Gasteiger partial charge in [0.15, 0.2) is 17.5 Å². The molecule has 1 aliphatic rings. The number of anilines is 1. The van der Waals surface area contributed by atoms with Crippen molar-refractivity contribution in [3.8, 4) is 11.5 Å². The van der Waals surface area contributed by atoms with Crippen molar-refractivity contribution in [1.82, 2.24) is 5.32 Å². The highest BCUT2D eigenvalue weighted by molar-refractivity contribution is 14.0. The molecule has 0 bridgehead atoms. The minimum atomic E-state index is 0. The van der Waals surface area contributed by atoms with Crippen LogP contribution in [0, 0.1) is 0 Å². The molecule has 2 N–H and O–H groups in total. The normalized spacial score (nSPS) is 14.4. The summed E-state index contributed by atoms with van der Waals surface area (Å²) in [6, 6.07) is 14.1. The fraction of sp³-hybridized carbons (Fsp3) is 0.458. The molecule has 0 aromatic heterocycles. The summed E-state index contributed by atoms with van der Waals surface area (Å²) in [7, 11) is 3.25. The fourth-order valence-electron chi connectivity index (χ4n) is 3.40. The molecule has 2 aromatic rings. The molecule has 1 aliphatic heterocycles. The van der Waals surface area contributed by atoms with Gasteiger partial charge in [-0.05, 0) is 43.0 Å². The summed E-state index contributed by atoms with van der Waals surface area (Å²) < 4.78 is 22.1. The molecule has 2 aromatic carbocycles. The van der Waals surface area contributed by atoms with E-state index >= 15 is 0 Å². The second kappa shape index (κ2) is 14.2. The summed E-state index contributed by atoms with van der Waals surface area (Å²) in [4.78, 5) is 4.73. The molecule has 1 saturated heterocycles. The van der Waals surface area contributed by atoms with Gasteiger partial charge in [0.05, 0.1) is 33.5 Å². The van der Waals surface area contributed by atoms with E-state index < -0.39 is 0 Å². The number of guanidine groups is 1. The molecule has 0 spiro atoms. The van der Waals surface area contributed by atoms with E-state index in [0.29, 0.717) is 36.7 Å².